The average molecular weight is 329 g/mol. The van der Waals surface area contributed by atoms with E-state index in [1.165, 1.54) is 16.0 Å². The summed E-state index contributed by atoms with van der Waals surface area (Å²) in [5.41, 5.74) is 4.39. The molecular formula is C19H23NO2S. The smallest absolute Gasteiger partial charge is 0.161 e. The second-order valence-corrected chi connectivity index (χ2v) is 7.58. The van der Waals surface area contributed by atoms with E-state index in [0.717, 1.165) is 43.9 Å². The van der Waals surface area contributed by atoms with E-state index in [1.807, 2.05) is 11.3 Å². The van der Waals surface area contributed by atoms with Crippen LogP contribution in [0.4, 0.5) is 0 Å². The van der Waals surface area contributed by atoms with Crippen molar-refractivity contribution in [3.05, 3.63) is 44.6 Å². The normalized spacial score (nSPS) is 19.7. The summed E-state index contributed by atoms with van der Waals surface area (Å²) in [7, 11) is 3.43. The summed E-state index contributed by atoms with van der Waals surface area (Å²) >= 11 is 2.00. The van der Waals surface area contributed by atoms with E-state index in [-0.39, 0.29) is 0 Å². The van der Waals surface area contributed by atoms with Gasteiger partial charge in [-0.25, -0.2) is 0 Å². The Bertz CT molecular complexity index is 737. The van der Waals surface area contributed by atoms with Crippen LogP contribution in [-0.2, 0) is 25.8 Å². The molecule has 4 heteroatoms. The number of hydrogen-bond donors (Lipinski definition) is 0. The highest BCUT2D eigenvalue weighted by atomic mass is 32.1. The Morgan fingerprint density at radius 3 is 2.65 bits per heavy atom. The molecule has 122 valence electrons. The van der Waals surface area contributed by atoms with Crippen LogP contribution in [0.5, 0.6) is 11.5 Å². The monoisotopic (exact) mass is 329 g/mol. The van der Waals surface area contributed by atoms with Crippen LogP contribution in [-0.4, -0.2) is 25.7 Å². The third-order valence-electron chi connectivity index (χ3n) is 5.16. The molecule has 4 rings (SSSR count). The number of rotatable bonds is 3. The summed E-state index contributed by atoms with van der Waals surface area (Å²) in [5, 5.41) is 0. The van der Waals surface area contributed by atoms with E-state index in [1.54, 1.807) is 24.7 Å². The van der Waals surface area contributed by atoms with Gasteiger partial charge in [0.2, 0.25) is 0 Å². The van der Waals surface area contributed by atoms with Crippen molar-refractivity contribution in [1.82, 2.24) is 4.90 Å². The van der Waals surface area contributed by atoms with Gasteiger partial charge in [0.15, 0.2) is 11.5 Å². The molecule has 0 saturated heterocycles. The van der Waals surface area contributed by atoms with Crippen molar-refractivity contribution >= 4 is 11.3 Å². The lowest BCUT2D eigenvalue weighted by molar-refractivity contribution is 0.162. The Balaban J connectivity index is 1.74. The van der Waals surface area contributed by atoms with Gasteiger partial charge in [0.25, 0.3) is 0 Å². The van der Waals surface area contributed by atoms with E-state index in [2.05, 4.69) is 30.0 Å². The standard InChI is InChI=1S/C19H23NO2S/c1-4-14-7-13-11-20-6-5-12-8-17(21-2)18(22-3)9-15(12)16(20)10-19(13)23-14/h7-9,16H,4-6,10-11H2,1-3H3. The second kappa shape index (κ2) is 5.84. The molecular weight excluding hydrogens is 306 g/mol. The topological polar surface area (TPSA) is 21.7 Å². The van der Waals surface area contributed by atoms with Crippen LogP contribution in [0.25, 0.3) is 0 Å². The summed E-state index contributed by atoms with van der Waals surface area (Å²) in [6, 6.07) is 7.27. The van der Waals surface area contributed by atoms with Gasteiger partial charge < -0.3 is 9.47 Å². The average Bonchev–Trinajstić information content (AvgIpc) is 3.00. The zero-order valence-corrected chi connectivity index (χ0v) is 14.8. The van der Waals surface area contributed by atoms with Gasteiger partial charge >= 0.3 is 0 Å². The lowest BCUT2D eigenvalue weighted by Gasteiger charge is -2.40. The molecule has 0 fully saturated rings. The summed E-state index contributed by atoms with van der Waals surface area (Å²) in [6.45, 7) is 4.46. The summed E-state index contributed by atoms with van der Waals surface area (Å²) in [6.07, 6.45) is 3.36. The van der Waals surface area contributed by atoms with Gasteiger partial charge in [0, 0.05) is 35.3 Å². The molecule has 0 spiro atoms. The first-order chi connectivity index (χ1) is 11.2. The van der Waals surface area contributed by atoms with Crippen LogP contribution in [0, 0.1) is 0 Å². The van der Waals surface area contributed by atoms with Crippen molar-refractivity contribution in [1.29, 1.82) is 0 Å². The van der Waals surface area contributed by atoms with E-state index < -0.39 is 0 Å². The number of aryl methyl sites for hydroxylation is 1. The van der Waals surface area contributed by atoms with Gasteiger partial charge in [-0.15, -0.1) is 11.3 Å². The summed E-state index contributed by atoms with van der Waals surface area (Å²) < 4.78 is 11.0. The molecule has 2 aliphatic rings. The van der Waals surface area contributed by atoms with Crippen molar-refractivity contribution in [3.63, 3.8) is 0 Å². The molecule has 2 aromatic rings. The second-order valence-electron chi connectivity index (χ2n) is 6.36. The highest BCUT2D eigenvalue weighted by molar-refractivity contribution is 7.12. The van der Waals surface area contributed by atoms with Gasteiger partial charge in [-0.1, -0.05) is 6.92 Å². The largest absolute Gasteiger partial charge is 0.493 e. The highest BCUT2D eigenvalue weighted by Crippen LogP contribution is 2.44. The van der Waals surface area contributed by atoms with Crippen LogP contribution in [0.2, 0.25) is 0 Å². The van der Waals surface area contributed by atoms with Gasteiger partial charge in [-0.3, -0.25) is 4.90 Å². The lowest BCUT2D eigenvalue weighted by atomic mass is 9.86. The minimum Gasteiger partial charge on any atom is -0.493 e. The minimum atomic E-state index is 0.481. The van der Waals surface area contributed by atoms with Crippen molar-refractivity contribution in [3.8, 4) is 11.5 Å². The third-order valence-corrected chi connectivity index (χ3v) is 6.51. The summed E-state index contributed by atoms with van der Waals surface area (Å²) in [5.74, 6) is 1.69. The van der Waals surface area contributed by atoms with Gasteiger partial charge in [0.1, 0.15) is 0 Å². The molecule has 1 aromatic heterocycles. The number of thiophene rings is 1. The van der Waals surface area contributed by atoms with E-state index in [4.69, 9.17) is 9.47 Å². The number of methoxy groups -OCH3 is 2. The van der Waals surface area contributed by atoms with Crippen molar-refractivity contribution in [2.24, 2.45) is 0 Å². The fraction of sp³-hybridized carbons (Fsp3) is 0.474. The Labute approximate surface area is 141 Å². The first-order valence-corrected chi connectivity index (χ1v) is 9.14. The van der Waals surface area contributed by atoms with Crippen molar-refractivity contribution in [2.45, 2.75) is 38.8 Å². The predicted octanol–water partition coefficient (Wildman–Crippen LogP) is 3.98. The summed E-state index contributed by atoms with van der Waals surface area (Å²) in [4.78, 5) is 5.72. The van der Waals surface area contributed by atoms with Gasteiger partial charge in [-0.05, 0) is 47.7 Å². The lowest BCUT2D eigenvalue weighted by Crippen LogP contribution is -2.38. The Morgan fingerprint density at radius 1 is 1.13 bits per heavy atom. The van der Waals surface area contributed by atoms with Crippen LogP contribution in [0.15, 0.2) is 18.2 Å². The highest BCUT2D eigenvalue weighted by Gasteiger charge is 2.33. The van der Waals surface area contributed by atoms with Crippen molar-refractivity contribution < 1.29 is 9.47 Å². The Morgan fingerprint density at radius 2 is 1.91 bits per heavy atom. The van der Waals surface area contributed by atoms with Gasteiger partial charge in [-0.2, -0.15) is 0 Å². The van der Waals surface area contributed by atoms with E-state index in [9.17, 15) is 0 Å². The number of benzene rings is 1. The van der Waals surface area contributed by atoms with E-state index in [0.29, 0.717) is 6.04 Å². The first-order valence-electron chi connectivity index (χ1n) is 8.32. The van der Waals surface area contributed by atoms with E-state index >= 15 is 0 Å². The van der Waals surface area contributed by atoms with Crippen LogP contribution >= 0.6 is 11.3 Å². The van der Waals surface area contributed by atoms with Crippen molar-refractivity contribution in [2.75, 3.05) is 20.8 Å². The molecule has 23 heavy (non-hydrogen) atoms. The zero-order valence-electron chi connectivity index (χ0n) is 14.0. The molecule has 3 nitrogen and oxygen atoms in total. The molecule has 1 aromatic carbocycles. The maximum Gasteiger partial charge on any atom is 0.161 e. The maximum atomic E-state index is 5.53. The molecule has 2 aliphatic heterocycles. The maximum absolute atomic E-state index is 5.53. The fourth-order valence-corrected chi connectivity index (χ4v) is 5.07. The quantitative estimate of drug-likeness (QED) is 0.850. The molecule has 0 bridgehead atoms. The molecule has 0 N–H and O–H groups in total. The SMILES string of the molecule is CCc1cc2c(s1)CC1c3cc(OC)c(OC)cc3CCN1C2. The number of fused-ring (bicyclic) bond motifs is 4. The molecule has 1 atom stereocenters. The molecule has 3 heterocycles. The zero-order chi connectivity index (χ0) is 16.0. The fourth-order valence-electron chi connectivity index (χ4n) is 3.91. The Hall–Kier alpha value is -1.52. The minimum absolute atomic E-state index is 0.481. The number of hydrogen-bond acceptors (Lipinski definition) is 4. The van der Waals surface area contributed by atoms with Gasteiger partial charge in [0.05, 0.1) is 14.2 Å². The Kier molecular flexibility index (Phi) is 3.82. The number of ether oxygens (including phenoxy) is 2. The van der Waals surface area contributed by atoms with Crippen LogP contribution in [0.1, 0.15) is 39.4 Å². The molecule has 0 radical (unpaired) electrons. The molecule has 0 saturated carbocycles. The van der Waals surface area contributed by atoms with Crippen LogP contribution in [0.3, 0.4) is 0 Å². The van der Waals surface area contributed by atoms with Crippen LogP contribution < -0.4 is 9.47 Å². The first kappa shape index (κ1) is 15.0. The number of nitrogens with zero attached hydrogens (tertiary/aromatic N) is 1. The molecule has 0 aliphatic carbocycles. The predicted molar refractivity (Wildman–Crippen MR) is 93.8 cm³/mol. The third kappa shape index (κ3) is 2.45. The molecule has 1 unspecified atom stereocenters. The molecule has 0 amide bonds.